The normalized spacial score (nSPS) is 11.0. The number of aromatic nitrogens is 3. The van der Waals surface area contributed by atoms with E-state index in [1.807, 2.05) is 71.4 Å². The van der Waals surface area contributed by atoms with Crippen LogP contribution in [0.5, 0.6) is 0 Å². The van der Waals surface area contributed by atoms with Crippen molar-refractivity contribution in [2.45, 2.75) is 0 Å². The maximum absolute atomic E-state index is 8.94. The van der Waals surface area contributed by atoms with E-state index in [4.69, 9.17) is 5.26 Å². The molecule has 0 amide bonds. The molecule has 4 rings (SSSR count). The van der Waals surface area contributed by atoms with Gasteiger partial charge in [0.05, 0.1) is 35.4 Å². The van der Waals surface area contributed by atoms with Crippen LogP contribution in [0.25, 0.3) is 29.1 Å². The summed E-state index contributed by atoms with van der Waals surface area (Å²) in [6, 6.07) is 19.7. The molecular weight excluding hydrogens is 308 g/mol. The number of hydrogen-bond acceptors (Lipinski definition) is 3. The van der Waals surface area contributed by atoms with E-state index in [1.165, 1.54) is 0 Å². The maximum Gasteiger partial charge on any atom is 0.155 e. The van der Waals surface area contributed by atoms with E-state index in [-0.39, 0.29) is 0 Å². The molecule has 0 saturated carbocycles. The van der Waals surface area contributed by atoms with Crippen LogP contribution >= 0.6 is 0 Å². The molecule has 4 heteroatoms. The van der Waals surface area contributed by atoms with Crippen LogP contribution in [0.3, 0.4) is 0 Å². The van der Waals surface area contributed by atoms with Gasteiger partial charge in [0.15, 0.2) is 5.65 Å². The number of fused-ring (bicyclic) bond motifs is 1. The zero-order chi connectivity index (χ0) is 17.1. The Labute approximate surface area is 145 Å². The van der Waals surface area contributed by atoms with Crippen molar-refractivity contribution in [2.75, 3.05) is 0 Å². The Hall–Kier alpha value is -3.71. The van der Waals surface area contributed by atoms with E-state index < -0.39 is 0 Å². The lowest BCUT2D eigenvalue weighted by Gasteiger charge is -2.03. The Morgan fingerprint density at radius 2 is 1.68 bits per heavy atom. The Morgan fingerprint density at radius 1 is 0.880 bits per heavy atom. The average molecular weight is 322 g/mol. The Kier molecular flexibility index (Phi) is 3.82. The summed E-state index contributed by atoms with van der Waals surface area (Å²) in [4.78, 5) is 8.85. The van der Waals surface area contributed by atoms with Crippen molar-refractivity contribution in [2.24, 2.45) is 0 Å². The van der Waals surface area contributed by atoms with Crippen LogP contribution in [-0.2, 0) is 0 Å². The van der Waals surface area contributed by atoms with Gasteiger partial charge in [-0.25, -0.2) is 4.98 Å². The van der Waals surface area contributed by atoms with E-state index in [0.29, 0.717) is 5.56 Å². The fraction of sp³-hybridized carbons (Fsp3) is 0. The van der Waals surface area contributed by atoms with Crippen molar-refractivity contribution in [3.63, 3.8) is 0 Å². The summed E-state index contributed by atoms with van der Waals surface area (Å²) in [5, 5.41) is 8.94. The van der Waals surface area contributed by atoms with Gasteiger partial charge in [0.1, 0.15) is 0 Å². The molecule has 2 aromatic heterocycles. The third-order valence-electron chi connectivity index (χ3n) is 3.97. The Bertz CT molecular complexity index is 1080. The summed E-state index contributed by atoms with van der Waals surface area (Å²) >= 11 is 0. The van der Waals surface area contributed by atoms with E-state index in [2.05, 4.69) is 28.2 Å². The molecule has 0 unspecified atom stereocenters. The Morgan fingerprint density at radius 3 is 2.44 bits per heavy atom. The fourth-order valence-electron chi connectivity index (χ4n) is 2.67. The molecule has 0 aliphatic heterocycles. The van der Waals surface area contributed by atoms with E-state index in [9.17, 15) is 0 Å². The van der Waals surface area contributed by atoms with E-state index >= 15 is 0 Å². The molecule has 0 aliphatic rings. The van der Waals surface area contributed by atoms with Gasteiger partial charge in [-0.15, -0.1) is 0 Å². The molecule has 2 heterocycles. The summed E-state index contributed by atoms with van der Waals surface area (Å²) in [5.74, 6) is 0. The predicted molar refractivity (Wildman–Crippen MR) is 98.5 cm³/mol. The van der Waals surface area contributed by atoms with Gasteiger partial charge in [0.2, 0.25) is 0 Å². The number of benzene rings is 2. The molecule has 25 heavy (non-hydrogen) atoms. The molecule has 4 nitrogen and oxygen atoms in total. The number of nitrogens with zero attached hydrogens (tertiary/aromatic N) is 4. The van der Waals surface area contributed by atoms with Crippen molar-refractivity contribution in [3.8, 4) is 17.3 Å². The monoisotopic (exact) mass is 322 g/mol. The highest BCUT2D eigenvalue weighted by atomic mass is 15.0. The van der Waals surface area contributed by atoms with E-state index in [1.54, 1.807) is 6.20 Å². The van der Waals surface area contributed by atoms with Crippen LogP contribution in [-0.4, -0.2) is 14.4 Å². The molecule has 118 valence electrons. The molecule has 0 saturated heterocycles. The minimum atomic E-state index is 0.644. The molecule has 0 aliphatic carbocycles. The van der Waals surface area contributed by atoms with Crippen molar-refractivity contribution >= 4 is 17.8 Å². The zero-order valence-electron chi connectivity index (χ0n) is 13.4. The number of hydrogen-bond donors (Lipinski definition) is 0. The molecule has 0 spiro atoms. The third-order valence-corrected chi connectivity index (χ3v) is 3.97. The highest BCUT2D eigenvalue weighted by Gasteiger charge is 2.06. The van der Waals surface area contributed by atoms with Gasteiger partial charge >= 0.3 is 0 Å². The quantitative estimate of drug-likeness (QED) is 0.560. The molecule has 0 atom stereocenters. The topological polar surface area (TPSA) is 54.0 Å². The second kappa shape index (κ2) is 6.42. The van der Waals surface area contributed by atoms with Crippen LogP contribution in [0.2, 0.25) is 0 Å². The first-order valence-corrected chi connectivity index (χ1v) is 7.90. The van der Waals surface area contributed by atoms with Gasteiger partial charge in [-0.3, -0.25) is 9.38 Å². The second-order valence-corrected chi connectivity index (χ2v) is 5.62. The molecule has 0 N–H and O–H groups in total. The summed E-state index contributed by atoms with van der Waals surface area (Å²) in [5.41, 5.74) is 5.39. The SMILES string of the molecule is N#Cc1ccc(-c2cnc3cnc(/C=C/c4ccccc4)cn23)cc1. The molecule has 0 bridgehead atoms. The largest absolute Gasteiger partial charge is 0.296 e. The first-order valence-electron chi connectivity index (χ1n) is 7.90. The number of imidazole rings is 1. The fourth-order valence-corrected chi connectivity index (χ4v) is 2.67. The van der Waals surface area contributed by atoms with Gasteiger partial charge in [0, 0.05) is 11.8 Å². The number of nitriles is 1. The van der Waals surface area contributed by atoms with Crippen LogP contribution < -0.4 is 0 Å². The zero-order valence-corrected chi connectivity index (χ0v) is 13.4. The van der Waals surface area contributed by atoms with Gasteiger partial charge in [-0.2, -0.15) is 5.26 Å². The lowest BCUT2D eigenvalue weighted by molar-refractivity contribution is 1.12. The third kappa shape index (κ3) is 3.04. The average Bonchev–Trinajstić information content (AvgIpc) is 3.10. The standard InChI is InChI=1S/C21H14N4/c22-12-17-6-9-18(10-7-17)20-13-24-21-14-23-19(15-25(20)21)11-8-16-4-2-1-3-5-16/h1-11,13-15H/b11-8+. The second-order valence-electron chi connectivity index (χ2n) is 5.62. The minimum Gasteiger partial charge on any atom is -0.296 e. The van der Waals surface area contributed by atoms with Gasteiger partial charge < -0.3 is 0 Å². The number of rotatable bonds is 3. The van der Waals surface area contributed by atoms with Gasteiger partial charge in [-0.05, 0) is 23.8 Å². The summed E-state index contributed by atoms with van der Waals surface area (Å²) in [6.07, 6.45) is 9.57. The molecule has 4 aromatic rings. The summed E-state index contributed by atoms with van der Waals surface area (Å²) in [7, 11) is 0. The van der Waals surface area contributed by atoms with Crippen molar-refractivity contribution in [1.29, 1.82) is 5.26 Å². The minimum absolute atomic E-state index is 0.644. The molecular formula is C21H14N4. The van der Waals surface area contributed by atoms with Gasteiger partial charge in [-0.1, -0.05) is 48.5 Å². The molecule has 2 aromatic carbocycles. The first-order chi connectivity index (χ1) is 12.3. The van der Waals surface area contributed by atoms with Crippen molar-refractivity contribution in [1.82, 2.24) is 14.4 Å². The molecule has 0 radical (unpaired) electrons. The molecule has 0 fully saturated rings. The van der Waals surface area contributed by atoms with Crippen LogP contribution in [0.4, 0.5) is 0 Å². The highest BCUT2D eigenvalue weighted by Crippen LogP contribution is 2.21. The van der Waals surface area contributed by atoms with Crippen molar-refractivity contribution in [3.05, 3.63) is 90.0 Å². The van der Waals surface area contributed by atoms with Gasteiger partial charge in [0.25, 0.3) is 0 Å². The van der Waals surface area contributed by atoms with E-state index in [0.717, 1.165) is 28.2 Å². The van der Waals surface area contributed by atoms with Crippen LogP contribution in [0.1, 0.15) is 16.8 Å². The van der Waals surface area contributed by atoms with Crippen LogP contribution in [0, 0.1) is 11.3 Å². The highest BCUT2D eigenvalue weighted by molar-refractivity contribution is 5.69. The maximum atomic E-state index is 8.94. The van der Waals surface area contributed by atoms with Crippen LogP contribution in [0.15, 0.2) is 73.2 Å². The lowest BCUT2D eigenvalue weighted by Crippen LogP contribution is -1.92. The first kappa shape index (κ1) is 14.9. The summed E-state index contributed by atoms with van der Waals surface area (Å²) < 4.78 is 2.01. The smallest absolute Gasteiger partial charge is 0.155 e. The predicted octanol–water partition coefficient (Wildman–Crippen LogP) is 4.44. The van der Waals surface area contributed by atoms with Crippen molar-refractivity contribution < 1.29 is 0 Å². The Balaban J connectivity index is 1.72. The lowest BCUT2D eigenvalue weighted by atomic mass is 10.1. The summed E-state index contributed by atoms with van der Waals surface area (Å²) in [6.45, 7) is 0.